The van der Waals surface area contributed by atoms with E-state index >= 15 is 0 Å². The monoisotopic (exact) mass is 226 g/mol. The SMILES string of the molecule is CC(CN)N(C)C(=O)CCc1cccs1. The lowest BCUT2D eigenvalue weighted by Crippen LogP contribution is -2.39. The summed E-state index contributed by atoms with van der Waals surface area (Å²) in [5.74, 6) is 0.168. The van der Waals surface area contributed by atoms with Crippen LogP contribution in [0.1, 0.15) is 18.2 Å². The summed E-state index contributed by atoms with van der Waals surface area (Å²) >= 11 is 1.70. The molecule has 0 aromatic carbocycles. The lowest BCUT2D eigenvalue weighted by atomic mass is 10.2. The van der Waals surface area contributed by atoms with Crippen molar-refractivity contribution < 1.29 is 4.79 Å². The van der Waals surface area contributed by atoms with Gasteiger partial charge in [0.05, 0.1) is 0 Å². The number of aryl methyl sites for hydroxylation is 1. The molecule has 1 aromatic rings. The summed E-state index contributed by atoms with van der Waals surface area (Å²) in [5.41, 5.74) is 5.51. The van der Waals surface area contributed by atoms with E-state index in [4.69, 9.17) is 5.73 Å². The molecule has 1 unspecified atom stereocenters. The molecule has 1 aromatic heterocycles. The van der Waals surface area contributed by atoms with Gasteiger partial charge in [-0.1, -0.05) is 6.07 Å². The molecule has 0 saturated heterocycles. The second-order valence-electron chi connectivity index (χ2n) is 3.67. The van der Waals surface area contributed by atoms with Gasteiger partial charge in [-0.25, -0.2) is 0 Å². The molecule has 0 saturated carbocycles. The Morgan fingerprint density at radius 1 is 1.67 bits per heavy atom. The second-order valence-corrected chi connectivity index (χ2v) is 4.70. The highest BCUT2D eigenvalue weighted by Gasteiger charge is 2.13. The third-order valence-corrected chi connectivity index (χ3v) is 3.50. The molecule has 2 N–H and O–H groups in total. The standard InChI is InChI=1S/C11H18N2OS/c1-9(8-12)13(2)11(14)6-5-10-4-3-7-15-10/h3-4,7,9H,5-6,8,12H2,1-2H3. The lowest BCUT2D eigenvalue weighted by molar-refractivity contribution is -0.131. The fraction of sp³-hybridized carbons (Fsp3) is 0.545. The van der Waals surface area contributed by atoms with E-state index in [1.165, 1.54) is 4.88 Å². The molecule has 0 aliphatic carbocycles. The summed E-state index contributed by atoms with van der Waals surface area (Å²) in [7, 11) is 1.81. The highest BCUT2D eigenvalue weighted by atomic mass is 32.1. The Balaban J connectivity index is 2.36. The molecule has 1 atom stereocenters. The predicted octanol–water partition coefficient (Wildman–Crippen LogP) is 1.49. The lowest BCUT2D eigenvalue weighted by Gasteiger charge is -2.23. The maximum Gasteiger partial charge on any atom is 0.222 e. The van der Waals surface area contributed by atoms with Crippen molar-refractivity contribution in [2.45, 2.75) is 25.8 Å². The Kier molecular flexibility index (Phi) is 4.78. The van der Waals surface area contributed by atoms with Crippen molar-refractivity contribution >= 4 is 17.2 Å². The topological polar surface area (TPSA) is 46.3 Å². The highest BCUT2D eigenvalue weighted by Crippen LogP contribution is 2.11. The van der Waals surface area contributed by atoms with Crippen LogP contribution < -0.4 is 5.73 Å². The zero-order valence-electron chi connectivity index (χ0n) is 9.27. The third kappa shape index (κ3) is 3.64. The number of hydrogen-bond acceptors (Lipinski definition) is 3. The fourth-order valence-electron chi connectivity index (χ4n) is 1.27. The number of hydrogen-bond donors (Lipinski definition) is 1. The molecule has 84 valence electrons. The number of rotatable bonds is 5. The quantitative estimate of drug-likeness (QED) is 0.826. The molecular weight excluding hydrogens is 208 g/mol. The molecular formula is C11H18N2OS. The van der Waals surface area contributed by atoms with Gasteiger partial charge in [-0.2, -0.15) is 0 Å². The van der Waals surface area contributed by atoms with Crippen molar-refractivity contribution in [3.63, 3.8) is 0 Å². The first-order valence-electron chi connectivity index (χ1n) is 5.13. The number of carbonyl (C=O) groups is 1. The first-order chi connectivity index (χ1) is 7.15. The highest BCUT2D eigenvalue weighted by molar-refractivity contribution is 7.09. The first-order valence-corrected chi connectivity index (χ1v) is 6.01. The van der Waals surface area contributed by atoms with Crippen LogP contribution >= 0.6 is 11.3 Å². The molecule has 1 amide bonds. The van der Waals surface area contributed by atoms with E-state index in [1.54, 1.807) is 16.2 Å². The van der Waals surface area contributed by atoms with Crippen LogP contribution in [-0.4, -0.2) is 30.4 Å². The molecule has 0 radical (unpaired) electrons. The van der Waals surface area contributed by atoms with Gasteiger partial charge < -0.3 is 10.6 Å². The zero-order chi connectivity index (χ0) is 11.3. The van der Waals surface area contributed by atoms with E-state index in [9.17, 15) is 4.79 Å². The molecule has 0 spiro atoms. The van der Waals surface area contributed by atoms with E-state index in [-0.39, 0.29) is 11.9 Å². The minimum Gasteiger partial charge on any atom is -0.342 e. The second kappa shape index (κ2) is 5.88. The number of carbonyl (C=O) groups excluding carboxylic acids is 1. The van der Waals surface area contributed by atoms with Crippen LogP contribution in [0.25, 0.3) is 0 Å². The van der Waals surface area contributed by atoms with Gasteiger partial charge in [0.15, 0.2) is 0 Å². The van der Waals surface area contributed by atoms with Crippen LogP contribution in [0.5, 0.6) is 0 Å². The van der Waals surface area contributed by atoms with Gasteiger partial charge in [0, 0.05) is 30.9 Å². The van der Waals surface area contributed by atoms with Crippen molar-refractivity contribution in [1.82, 2.24) is 4.90 Å². The van der Waals surface area contributed by atoms with Gasteiger partial charge in [0.2, 0.25) is 5.91 Å². The maximum atomic E-state index is 11.7. The molecule has 3 nitrogen and oxygen atoms in total. The Bertz CT molecular complexity index is 298. The van der Waals surface area contributed by atoms with Crippen LogP contribution in [-0.2, 0) is 11.2 Å². The molecule has 0 fully saturated rings. The molecule has 4 heteroatoms. The first kappa shape index (κ1) is 12.2. The average Bonchev–Trinajstić information content (AvgIpc) is 2.76. The zero-order valence-corrected chi connectivity index (χ0v) is 10.1. The van der Waals surface area contributed by atoms with Gasteiger partial charge in [-0.05, 0) is 24.8 Å². The van der Waals surface area contributed by atoms with Gasteiger partial charge in [-0.15, -0.1) is 11.3 Å². The number of amides is 1. The summed E-state index contributed by atoms with van der Waals surface area (Å²) in [6.45, 7) is 2.48. The van der Waals surface area contributed by atoms with Crippen LogP contribution in [0.2, 0.25) is 0 Å². The van der Waals surface area contributed by atoms with Crippen LogP contribution in [0, 0.1) is 0 Å². The van der Waals surface area contributed by atoms with Crippen molar-refractivity contribution in [2.75, 3.05) is 13.6 Å². The van der Waals surface area contributed by atoms with Gasteiger partial charge in [0.1, 0.15) is 0 Å². The number of nitrogens with two attached hydrogens (primary N) is 1. The average molecular weight is 226 g/mol. The molecule has 1 rings (SSSR count). The van der Waals surface area contributed by atoms with Crippen LogP contribution in [0.4, 0.5) is 0 Å². The van der Waals surface area contributed by atoms with E-state index in [0.29, 0.717) is 13.0 Å². The van der Waals surface area contributed by atoms with Crippen molar-refractivity contribution in [3.05, 3.63) is 22.4 Å². The Morgan fingerprint density at radius 2 is 2.40 bits per heavy atom. The van der Waals surface area contributed by atoms with Gasteiger partial charge in [0.25, 0.3) is 0 Å². The normalized spacial score (nSPS) is 12.5. The molecule has 0 bridgehead atoms. The summed E-state index contributed by atoms with van der Waals surface area (Å²) in [6, 6.07) is 4.20. The molecule has 1 heterocycles. The largest absolute Gasteiger partial charge is 0.342 e. The van der Waals surface area contributed by atoms with Crippen LogP contribution in [0.15, 0.2) is 17.5 Å². The van der Waals surface area contributed by atoms with E-state index in [1.807, 2.05) is 25.4 Å². The number of nitrogens with zero attached hydrogens (tertiary/aromatic N) is 1. The Hall–Kier alpha value is -0.870. The van der Waals surface area contributed by atoms with Crippen molar-refractivity contribution in [3.8, 4) is 0 Å². The molecule has 0 aliphatic rings. The summed E-state index contributed by atoms with van der Waals surface area (Å²) in [6.07, 6.45) is 1.40. The predicted molar refractivity (Wildman–Crippen MR) is 63.9 cm³/mol. The van der Waals surface area contributed by atoms with Crippen LogP contribution in [0.3, 0.4) is 0 Å². The minimum absolute atomic E-state index is 0.126. The summed E-state index contributed by atoms with van der Waals surface area (Å²) in [4.78, 5) is 14.7. The van der Waals surface area contributed by atoms with E-state index in [2.05, 4.69) is 6.07 Å². The fourth-order valence-corrected chi connectivity index (χ4v) is 1.97. The Morgan fingerprint density at radius 3 is 2.93 bits per heavy atom. The maximum absolute atomic E-state index is 11.7. The molecule has 15 heavy (non-hydrogen) atoms. The smallest absolute Gasteiger partial charge is 0.222 e. The summed E-state index contributed by atoms with van der Waals surface area (Å²) in [5, 5.41) is 2.03. The molecule has 0 aliphatic heterocycles. The Labute approximate surface area is 94.9 Å². The van der Waals surface area contributed by atoms with Crippen molar-refractivity contribution in [1.29, 1.82) is 0 Å². The minimum atomic E-state index is 0.126. The number of thiophene rings is 1. The number of likely N-dealkylation sites (N-methyl/N-ethyl adjacent to an activating group) is 1. The summed E-state index contributed by atoms with van der Waals surface area (Å²) < 4.78 is 0. The third-order valence-electron chi connectivity index (χ3n) is 2.56. The van der Waals surface area contributed by atoms with E-state index < -0.39 is 0 Å². The van der Waals surface area contributed by atoms with Gasteiger partial charge in [-0.3, -0.25) is 4.79 Å². The van der Waals surface area contributed by atoms with Crippen molar-refractivity contribution in [2.24, 2.45) is 5.73 Å². The van der Waals surface area contributed by atoms with Gasteiger partial charge >= 0.3 is 0 Å². The van der Waals surface area contributed by atoms with E-state index in [0.717, 1.165) is 6.42 Å².